The molecule has 0 bridgehead atoms. The number of rotatable bonds is 11. The molecule has 2 heterocycles. The fourth-order valence-electron chi connectivity index (χ4n) is 5.37. The van der Waals surface area contributed by atoms with Gasteiger partial charge in [-0.2, -0.15) is 0 Å². The third-order valence-corrected chi connectivity index (χ3v) is 8.30. The third-order valence-electron chi connectivity index (χ3n) is 8.08. The number of carbonyl (C=O) groups is 4. The molecule has 1 aromatic heterocycles. The zero-order valence-corrected chi connectivity index (χ0v) is 29.7. The summed E-state index contributed by atoms with van der Waals surface area (Å²) in [4.78, 5) is 59.0. The number of anilines is 2. The summed E-state index contributed by atoms with van der Waals surface area (Å²) >= 11 is 5.16. The van der Waals surface area contributed by atoms with Gasteiger partial charge in [-0.1, -0.05) is 54.6 Å². The third kappa shape index (κ3) is 9.90. The molecule has 0 aliphatic carbocycles. The lowest BCUT2D eigenvalue weighted by molar-refractivity contribution is -0.137. The van der Waals surface area contributed by atoms with Crippen LogP contribution in [0.4, 0.5) is 11.4 Å². The summed E-state index contributed by atoms with van der Waals surface area (Å²) in [6.07, 6.45) is 4.90. The largest absolute Gasteiger partial charge is 0.493 e. The molecule has 1 aliphatic heterocycles. The van der Waals surface area contributed by atoms with Gasteiger partial charge in [0.15, 0.2) is 0 Å². The molecular weight excluding hydrogens is 663 g/mol. The van der Waals surface area contributed by atoms with Crippen LogP contribution in [-0.4, -0.2) is 66.1 Å². The summed E-state index contributed by atoms with van der Waals surface area (Å²) in [5, 5.41) is -0.407. The van der Waals surface area contributed by atoms with E-state index in [1.54, 1.807) is 62.3 Å². The molecule has 0 atom stereocenters. The van der Waals surface area contributed by atoms with Crippen LogP contribution >= 0.6 is 24.0 Å². The molecule has 3 aromatic carbocycles. The number of aromatic nitrogens is 1. The van der Waals surface area contributed by atoms with Crippen LogP contribution in [0.2, 0.25) is 0 Å². The van der Waals surface area contributed by atoms with E-state index in [2.05, 4.69) is 4.98 Å². The van der Waals surface area contributed by atoms with Crippen molar-refractivity contribution in [3.63, 3.8) is 0 Å². The zero-order valence-electron chi connectivity index (χ0n) is 28.2. The fourth-order valence-corrected chi connectivity index (χ4v) is 5.50. The SMILES string of the molecule is CCN1C(=O)C(C)(C)C(=O)N(C)c2cc(OCCCN(CCc3cccnc3)C(=O)c3ccccc3)ccc21.Cl.O=C(Cl)c1ccccc1. The van der Waals surface area contributed by atoms with Gasteiger partial charge < -0.3 is 19.4 Å². The van der Waals surface area contributed by atoms with E-state index in [0.717, 1.165) is 5.56 Å². The molecule has 0 N–H and O–H groups in total. The molecule has 11 heteroatoms. The lowest BCUT2D eigenvalue weighted by Crippen LogP contribution is -2.47. The Kier molecular flexibility index (Phi) is 14.3. The minimum absolute atomic E-state index is 0. The van der Waals surface area contributed by atoms with E-state index in [1.807, 2.05) is 78.7 Å². The highest BCUT2D eigenvalue weighted by Gasteiger charge is 2.45. The lowest BCUT2D eigenvalue weighted by Gasteiger charge is -2.27. The van der Waals surface area contributed by atoms with Gasteiger partial charge in [0.1, 0.15) is 11.2 Å². The van der Waals surface area contributed by atoms with Gasteiger partial charge in [-0.15, -0.1) is 12.4 Å². The summed E-state index contributed by atoms with van der Waals surface area (Å²) < 4.78 is 6.05. The minimum Gasteiger partial charge on any atom is -0.493 e. The summed E-state index contributed by atoms with van der Waals surface area (Å²) in [5.41, 5.74) is 2.43. The van der Waals surface area contributed by atoms with Crippen molar-refractivity contribution in [3.05, 3.63) is 120 Å². The monoisotopic (exact) mass is 704 g/mol. The summed E-state index contributed by atoms with van der Waals surface area (Å²) in [6, 6.07) is 27.4. The Hall–Kier alpha value is -4.73. The second kappa shape index (κ2) is 18.1. The predicted molar refractivity (Wildman–Crippen MR) is 196 cm³/mol. The van der Waals surface area contributed by atoms with Crippen molar-refractivity contribution >= 4 is 58.3 Å². The van der Waals surface area contributed by atoms with Gasteiger partial charge in [0.25, 0.3) is 11.1 Å². The van der Waals surface area contributed by atoms with Crippen molar-refractivity contribution in [1.82, 2.24) is 9.88 Å². The first-order valence-corrected chi connectivity index (χ1v) is 16.3. The van der Waals surface area contributed by atoms with Crippen molar-refractivity contribution in [2.45, 2.75) is 33.6 Å². The number of hydrogen-bond donors (Lipinski definition) is 0. The number of carbonyl (C=O) groups excluding carboxylic acids is 4. The van der Waals surface area contributed by atoms with E-state index >= 15 is 0 Å². The average Bonchev–Trinajstić information content (AvgIpc) is 3.16. The van der Waals surface area contributed by atoms with E-state index in [-0.39, 0.29) is 30.1 Å². The van der Waals surface area contributed by atoms with Gasteiger partial charge >= 0.3 is 0 Å². The quantitative estimate of drug-likeness (QED) is 0.0940. The molecule has 0 saturated carbocycles. The second-order valence-corrected chi connectivity index (χ2v) is 12.1. The summed E-state index contributed by atoms with van der Waals surface area (Å²) in [6.45, 7) is 7.18. The van der Waals surface area contributed by atoms with Crippen LogP contribution in [0.5, 0.6) is 5.75 Å². The maximum atomic E-state index is 13.2. The first-order chi connectivity index (χ1) is 23.0. The van der Waals surface area contributed by atoms with Gasteiger partial charge in [-0.05, 0) is 81.1 Å². The number of amides is 3. The van der Waals surface area contributed by atoms with Crippen LogP contribution in [0.3, 0.4) is 0 Å². The molecule has 0 fully saturated rings. The Morgan fingerprint density at radius 2 is 1.51 bits per heavy atom. The Balaban J connectivity index is 0.000000564. The Labute approximate surface area is 299 Å². The van der Waals surface area contributed by atoms with Gasteiger partial charge in [0, 0.05) is 56.3 Å². The van der Waals surface area contributed by atoms with E-state index in [9.17, 15) is 19.2 Å². The van der Waals surface area contributed by atoms with Crippen molar-refractivity contribution in [3.8, 4) is 5.75 Å². The van der Waals surface area contributed by atoms with E-state index in [1.165, 1.54) is 4.90 Å². The molecule has 0 spiro atoms. The number of hydrogen-bond acceptors (Lipinski definition) is 6. The van der Waals surface area contributed by atoms with Crippen LogP contribution in [0.1, 0.15) is 53.5 Å². The average molecular weight is 706 g/mol. The van der Waals surface area contributed by atoms with Crippen LogP contribution in [-0.2, 0) is 16.0 Å². The molecule has 258 valence electrons. The molecule has 0 radical (unpaired) electrons. The van der Waals surface area contributed by atoms with E-state index in [0.29, 0.717) is 67.3 Å². The molecule has 1 aliphatic rings. The maximum absolute atomic E-state index is 13.2. The molecule has 3 amide bonds. The Bertz CT molecular complexity index is 1710. The van der Waals surface area contributed by atoms with Crippen molar-refractivity contribution in [1.29, 1.82) is 0 Å². The van der Waals surface area contributed by atoms with E-state index < -0.39 is 10.7 Å². The van der Waals surface area contributed by atoms with Gasteiger partial charge in [0.05, 0.1) is 18.0 Å². The van der Waals surface area contributed by atoms with Gasteiger partial charge in [-0.25, -0.2) is 0 Å². The smallest absolute Gasteiger partial charge is 0.253 e. The molecule has 4 aromatic rings. The van der Waals surface area contributed by atoms with E-state index in [4.69, 9.17) is 16.3 Å². The van der Waals surface area contributed by atoms with Crippen LogP contribution in [0.25, 0.3) is 0 Å². The molecule has 5 rings (SSSR count). The minimum atomic E-state index is -1.16. The normalized spacial score (nSPS) is 13.2. The van der Waals surface area contributed by atoms with Gasteiger partial charge in [0.2, 0.25) is 11.8 Å². The highest BCUT2D eigenvalue weighted by molar-refractivity contribution is 6.67. The molecule has 0 unspecified atom stereocenters. The Morgan fingerprint density at radius 1 is 0.857 bits per heavy atom. The number of halogens is 2. The molecule has 49 heavy (non-hydrogen) atoms. The number of pyridine rings is 1. The lowest BCUT2D eigenvalue weighted by atomic mass is 9.90. The zero-order chi connectivity index (χ0) is 34.7. The topological polar surface area (TPSA) is 100 Å². The van der Waals surface area contributed by atoms with Crippen molar-refractivity contribution < 1.29 is 23.9 Å². The fraction of sp³-hybridized carbons (Fsp3) is 0.289. The number of nitrogens with zero attached hydrogens (tertiary/aromatic N) is 4. The second-order valence-electron chi connectivity index (χ2n) is 11.8. The standard InChI is InChI=1S/C31H36N4O4.C7H5ClO.ClH/c1-5-35-26-15-14-25(21-27(26)33(4)29(37)31(2,3)30(35)38)39-20-10-18-34(19-16-23-11-9-17-32-22-23)28(36)24-12-7-6-8-13-24;8-7(9)6-4-2-1-3-5-6;/h6-9,11-15,17,21-22H,5,10,16,18-20H2,1-4H3;1-5H;1H. The number of ether oxygens (including phenoxy) is 1. The highest BCUT2D eigenvalue weighted by atomic mass is 35.5. The van der Waals surface area contributed by atoms with Crippen LogP contribution < -0.4 is 14.5 Å². The van der Waals surface area contributed by atoms with Gasteiger partial charge in [-0.3, -0.25) is 24.2 Å². The summed E-state index contributed by atoms with van der Waals surface area (Å²) in [7, 11) is 1.69. The number of fused-ring (bicyclic) bond motifs is 1. The highest BCUT2D eigenvalue weighted by Crippen LogP contribution is 2.40. The van der Waals surface area contributed by atoms with Crippen LogP contribution in [0, 0.1) is 5.41 Å². The maximum Gasteiger partial charge on any atom is 0.253 e. The summed E-state index contributed by atoms with van der Waals surface area (Å²) in [5.74, 6) is 0.110. The van der Waals surface area contributed by atoms with Crippen LogP contribution in [0.15, 0.2) is 103 Å². The molecular formula is C38H42Cl2N4O5. The first kappa shape index (κ1) is 38.7. The predicted octanol–water partition coefficient (Wildman–Crippen LogP) is 7.08. The molecule has 9 nitrogen and oxygen atoms in total. The molecule has 0 saturated heterocycles. The van der Waals surface area contributed by atoms with Crippen molar-refractivity contribution in [2.24, 2.45) is 5.41 Å². The number of benzene rings is 3. The van der Waals surface area contributed by atoms with Crippen molar-refractivity contribution in [2.75, 3.05) is 43.1 Å². The Morgan fingerprint density at radius 3 is 2.08 bits per heavy atom. The first-order valence-electron chi connectivity index (χ1n) is 15.9.